The van der Waals surface area contributed by atoms with Crippen LogP contribution in [0.1, 0.15) is 71.4 Å². The quantitative estimate of drug-likeness (QED) is 0.162. The maximum atomic E-state index is 6.66. The highest BCUT2D eigenvalue weighted by Crippen LogP contribution is 2.63. The number of rotatable bonds is 5. The number of thioether (sulfide) groups is 1. The zero-order chi connectivity index (χ0) is 39.4. The maximum Gasteiger partial charge on any atom is 0.256 e. The first-order valence-corrected chi connectivity index (χ1v) is 21.7. The van der Waals surface area contributed by atoms with E-state index in [9.17, 15) is 0 Å². The second kappa shape index (κ2) is 13.0. The van der Waals surface area contributed by atoms with Crippen LogP contribution in [0.25, 0.3) is 0 Å². The van der Waals surface area contributed by atoms with Crippen LogP contribution in [0.2, 0.25) is 0 Å². The minimum atomic E-state index is -0.0103. The first-order chi connectivity index (χ1) is 28.1. The Bertz CT molecular complexity index is 2650. The van der Waals surface area contributed by atoms with Crippen LogP contribution < -0.4 is 31.1 Å². The van der Waals surface area contributed by atoms with E-state index in [2.05, 4.69) is 207 Å². The molecule has 0 radical (unpaired) electrons. The van der Waals surface area contributed by atoms with Crippen molar-refractivity contribution in [1.82, 2.24) is 0 Å². The van der Waals surface area contributed by atoms with Crippen molar-refractivity contribution >= 4 is 86.2 Å². The van der Waals surface area contributed by atoms with E-state index in [1.807, 2.05) is 6.26 Å². The van der Waals surface area contributed by atoms with Gasteiger partial charge in [-0.1, -0.05) is 113 Å². The van der Waals surface area contributed by atoms with Crippen molar-refractivity contribution in [2.45, 2.75) is 80.8 Å². The number of fused-ring (bicyclic) bond motifs is 7. The molecule has 4 aliphatic rings. The molecule has 1 fully saturated rings. The zero-order valence-corrected chi connectivity index (χ0v) is 34.8. The van der Waals surface area contributed by atoms with Crippen LogP contribution in [0.5, 0.6) is 0 Å². The average molecular weight is 774 g/mol. The molecule has 6 aromatic carbocycles. The highest BCUT2D eigenvalue weighted by molar-refractivity contribution is 8.01. The molecule has 6 heteroatoms. The molecule has 0 N–H and O–H groups in total. The monoisotopic (exact) mass is 773 g/mol. The molecule has 3 aliphatic heterocycles. The molecule has 1 aromatic heterocycles. The van der Waals surface area contributed by atoms with Crippen LogP contribution in [0, 0.1) is 0 Å². The van der Waals surface area contributed by atoms with Crippen molar-refractivity contribution in [3.05, 3.63) is 163 Å². The van der Waals surface area contributed by atoms with E-state index >= 15 is 0 Å². The molecule has 4 heterocycles. The third kappa shape index (κ3) is 5.23. The van der Waals surface area contributed by atoms with Gasteiger partial charge in [-0.05, 0) is 125 Å². The Kier molecular flexibility index (Phi) is 7.95. The van der Waals surface area contributed by atoms with E-state index in [1.165, 1.54) is 69.5 Å². The summed E-state index contributed by atoms with van der Waals surface area (Å²) in [5.41, 5.74) is 15.9. The fourth-order valence-electron chi connectivity index (χ4n) is 10.5. The summed E-state index contributed by atoms with van der Waals surface area (Å²) in [7, 11) is 0. The lowest BCUT2D eigenvalue weighted by Crippen LogP contribution is -2.61. The number of benzene rings is 6. The van der Waals surface area contributed by atoms with Gasteiger partial charge in [-0.25, -0.2) is 0 Å². The lowest BCUT2D eigenvalue weighted by Gasteiger charge is -2.46. The topological polar surface area (TPSA) is 22.9 Å². The van der Waals surface area contributed by atoms with E-state index in [4.69, 9.17) is 4.42 Å². The second-order valence-corrected chi connectivity index (χ2v) is 19.6. The van der Waals surface area contributed by atoms with Crippen LogP contribution in [-0.4, -0.2) is 11.5 Å². The van der Waals surface area contributed by atoms with Gasteiger partial charge >= 0.3 is 0 Å². The van der Waals surface area contributed by atoms with Crippen molar-refractivity contribution in [2.24, 2.45) is 0 Å². The fraction of sp³-hybridized carbons (Fsp3) is 0.231. The van der Waals surface area contributed by atoms with Gasteiger partial charge in [0.1, 0.15) is 0 Å². The van der Waals surface area contributed by atoms with Crippen LogP contribution in [-0.2, 0) is 10.8 Å². The molecule has 58 heavy (non-hydrogen) atoms. The SMILES string of the molecule is CC(C)(C)c1ccc(N2c3cc(N(c4ccccc4)c4ccccc4)cc4c3B(c3cc5c(cc3N4c3ccccc3)C3(C)CCCCC3(C)S5)c3ccoc32)cc1. The standard InChI is InChI=1S/C52H48BN3OS/c1-50(2,3)35-23-25-39(26-24-35)56-46-32-40(54(36-17-9-6-10-18-36)37-19-11-7-12-20-37)31-45-48(46)53(42-27-30-57-49(42)56)43-34-47-41(51(4)28-15-16-29-52(51,5)58-47)33-44(43)55(45)38-21-13-8-14-22-38/h6-14,17-27,30-34H,15-16,28-29H2,1-5H3. The normalized spacial score (nSPS) is 20.2. The summed E-state index contributed by atoms with van der Waals surface area (Å²) >= 11 is 2.13. The van der Waals surface area contributed by atoms with E-state index in [1.54, 1.807) is 0 Å². The number of hydrogen-bond donors (Lipinski definition) is 0. The van der Waals surface area contributed by atoms with E-state index in [-0.39, 0.29) is 22.3 Å². The highest BCUT2D eigenvalue weighted by atomic mass is 32.2. The van der Waals surface area contributed by atoms with Crippen LogP contribution in [0.15, 0.2) is 161 Å². The molecule has 2 unspecified atom stereocenters. The van der Waals surface area contributed by atoms with Crippen molar-refractivity contribution in [2.75, 3.05) is 14.7 Å². The molecule has 286 valence electrons. The summed E-state index contributed by atoms with van der Waals surface area (Å²) in [5, 5.41) is 0. The number of anilines is 9. The van der Waals surface area contributed by atoms with Gasteiger partial charge in [0, 0.05) is 54.9 Å². The molecule has 7 aromatic rings. The molecule has 1 saturated carbocycles. The van der Waals surface area contributed by atoms with Crippen molar-refractivity contribution < 1.29 is 4.42 Å². The van der Waals surface area contributed by atoms with Crippen molar-refractivity contribution in [3.63, 3.8) is 0 Å². The second-order valence-electron chi connectivity index (χ2n) is 18.1. The minimum absolute atomic E-state index is 0.0103. The number of furan rings is 1. The number of hydrogen-bond acceptors (Lipinski definition) is 5. The largest absolute Gasteiger partial charge is 0.449 e. The first kappa shape index (κ1) is 35.6. The molecule has 11 rings (SSSR count). The van der Waals surface area contributed by atoms with Crippen molar-refractivity contribution in [1.29, 1.82) is 0 Å². The Morgan fingerprint density at radius 1 is 0.621 bits per heavy atom. The third-order valence-electron chi connectivity index (χ3n) is 13.7. The average Bonchev–Trinajstić information content (AvgIpc) is 3.81. The molecule has 1 aliphatic carbocycles. The molecular formula is C52H48BN3OS. The molecular weight excluding hydrogens is 725 g/mol. The van der Waals surface area contributed by atoms with Crippen molar-refractivity contribution in [3.8, 4) is 0 Å². The van der Waals surface area contributed by atoms with Gasteiger partial charge < -0.3 is 14.2 Å². The van der Waals surface area contributed by atoms with E-state index in [0.717, 1.165) is 40.0 Å². The molecule has 0 bridgehead atoms. The van der Waals surface area contributed by atoms with Gasteiger partial charge in [0.25, 0.3) is 6.71 Å². The predicted octanol–water partition coefficient (Wildman–Crippen LogP) is 12.8. The van der Waals surface area contributed by atoms with E-state index < -0.39 is 0 Å². The van der Waals surface area contributed by atoms with Gasteiger partial charge in [-0.3, -0.25) is 4.90 Å². The Hall–Kier alpha value is -5.59. The smallest absolute Gasteiger partial charge is 0.256 e. The fourth-order valence-corrected chi connectivity index (χ4v) is 12.2. The van der Waals surface area contributed by atoms with Gasteiger partial charge in [0.2, 0.25) is 0 Å². The molecule has 4 nitrogen and oxygen atoms in total. The van der Waals surface area contributed by atoms with Gasteiger partial charge in [-0.15, -0.1) is 11.8 Å². The summed E-state index contributed by atoms with van der Waals surface area (Å²) < 4.78 is 6.84. The number of nitrogens with zero attached hydrogens (tertiary/aromatic N) is 3. The summed E-state index contributed by atoms with van der Waals surface area (Å²) in [4.78, 5) is 8.80. The first-order valence-electron chi connectivity index (χ1n) is 20.9. The van der Waals surface area contributed by atoms with Crippen LogP contribution in [0.3, 0.4) is 0 Å². The minimum Gasteiger partial charge on any atom is -0.449 e. The Labute approximate surface area is 347 Å². The van der Waals surface area contributed by atoms with Gasteiger partial charge in [0.05, 0.1) is 12.0 Å². The Balaban J connectivity index is 1.23. The van der Waals surface area contributed by atoms with Crippen LogP contribution >= 0.6 is 11.8 Å². The summed E-state index contributed by atoms with van der Waals surface area (Å²) in [5.74, 6) is 0.884. The molecule has 0 saturated heterocycles. The van der Waals surface area contributed by atoms with Gasteiger partial charge in [0.15, 0.2) is 5.88 Å². The Morgan fingerprint density at radius 2 is 1.22 bits per heavy atom. The number of para-hydroxylation sites is 3. The maximum absolute atomic E-state index is 6.66. The summed E-state index contributed by atoms with van der Waals surface area (Å²) in [6.45, 7) is 11.9. The predicted molar refractivity (Wildman–Crippen MR) is 246 cm³/mol. The Morgan fingerprint density at radius 3 is 1.88 bits per heavy atom. The van der Waals surface area contributed by atoms with Crippen LogP contribution in [0.4, 0.5) is 51.4 Å². The summed E-state index contributed by atoms with van der Waals surface area (Å²) in [6.07, 6.45) is 6.95. The van der Waals surface area contributed by atoms with E-state index in [0.29, 0.717) is 0 Å². The molecule has 2 atom stereocenters. The lowest BCUT2D eigenvalue weighted by atomic mass is 9.34. The zero-order valence-electron chi connectivity index (χ0n) is 34.0. The molecule has 0 amide bonds. The highest BCUT2D eigenvalue weighted by Gasteiger charge is 2.55. The van der Waals surface area contributed by atoms with Gasteiger partial charge in [-0.2, -0.15) is 0 Å². The lowest BCUT2D eigenvalue weighted by molar-refractivity contribution is 0.260. The third-order valence-corrected chi connectivity index (χ3v) is 15.4. The summed E-state index contributed by atoms with van der Waals surface area (Å²) in [6, 6.07) is 54.0. The molecule has 0 spiro atoms.